The Morgan fingerprint density at radius 2 is 1.83 bits per heavy atom. The molecule has 0 aliphatic rings. The fourth-order valence-corrected chi connectivity index (χ4v) is 3.31. The van der Waals surface area contributed by atoms with Crippen LogP contribution in [0.2, 0.25) is 0 Å². The molecule has 0 aromatic heterocycles. The number of anilines is 2. The minimum absolute atomic E-state index is 0.383. The third-order valence-electron chi connectivity index (χ3n) is 4.39. The predicted octanol–water partition coefficient (Wildman–Crippen LogP) is 6.81. The topological polar surface area (TPSA) is 89.1 Å². The molecule has 2 amide bonds. The van der Waals surface area contributed by atoms with Gasteiger partial charge in [0.05, 0.1) is 24.3 Å². The SMILES string of the molecule is CCCCCCCCOc1ccc(SOOO)cc1NC(=O)Nc1cccc(C)c1. The van der Waals surface area contributed by atoms with Gasteiger partial charge in [0, 0.05) is 10.6 Å². The lowest BCUT2D eigenvalue weighted by Crippen LogP contribution is -2.20. The molecule has 2 rings (SSSR count). The molecule has 7 nitrogen and oxygen atoms in total. The lowest BCUT2D eigenvalue weighted by atomic mass is 10.1. The van der Waals surface area contributed by atoms with Crippen LogP contribution < -0.4 is 15.4 Å². The fraction of sp³-hybridized carbons (Fsp3) is 0.409. The minimum Gasteiger partial charge on any atom is -0.491 e. The van der Waals surface area contributed by atoms with Gasteiger partial charge in [0.2, 0.25) is 0 Å². The number of carbonyl (C=O) groups is 1. The van der Waals surface area contributed by atoms with E-state index in [9.17, 15) is 4.79 Å². The van der Waals surface area contributed by atoms with E-state index < -0.39 is 0 Å². The maximum absolute atomic E-state index is 12.5. The number of hydrogen-bond acceptors (Lipinski definition) is 6. The zero-order valence-corrected chi connectivity index (χ0v) is 18.3. The lowest BCUT2D eigenvalue weighted by Gasteiger charge is -2.14. The van der Waals surface area contributed by atoms with Crippen LogP contribution >= 0.6 is 12.0 Å². The van der Waals surface area contributed by atoms with Crippen molar-refractivity contribution >= 4 is 29.4 Å². The van der Waals surface area contributed by atoms with Gasteiger partial charge in [0.15, 0.2) is 0 Å². The summed E-state index contributed by atoms with van der Waals surface area (Å²) in [4.78, 5) is 13.1. The zero-order valence-electron chi connectivity index (χ0n) is 17.5. The molecule has 0 saturated carbocycles. The van der Waals surface area contributed by atoms with Crippen molar-refractivity contribution in [3.05, 3.63) is 48.0 Å². The number of ether oxygens (including phenoxy) is 1. The molecular formula is C22H30N2O5S. The van der Waals surface area contributed by atoms with Gasteiger partial charge in [0.25, 0.3) is 0 Å². The highest BCUT2D eigenvalue weighted by Gasteiger charge is 2.11. The molecule has 0 fully saturated rings. The summed E-state index contributed by atoms with van der Waals surface area (Å²) in [5.41, 5.74) is 2.25. The van der Waals surface area contributed by atoms with Crippen molar-refractivity contribution < 1.29 is 24.2 Å². The Hall–Kier alpha value is -2.26. The van der Waals surface area contributed by atoms with Crippen molar-refractivity contribution in [3.63, 3.8) is 0 Å². The molecular weight excluding hydrogens is 404 g/mol. The first-order valence-electron chi connectivity index (χ1n) is 10.2. The molecule has 2 aromatic carbocycles. The highest BCUT2D eigenvalue weighted by Crippen LogP contribution is 2.31. The number of urea groups is 1. The number of hydrogen-bond donors (Lipinski definition) is 3. The van der Waals surface area contributed by atoms with E-state index in [2.05, 4.69) is 26.9 Å². The smallest absolute Gasteiger partial charge is 0.323 e. The summed E-state index contributed by atoms with van der Waals surface area (Å²) < 4.78 is 10.4. The summed E-state index contributed by atoms with van der Waals surface area (Å²) >= 11 is 0.816. The van der Waals surface area contributed by atoms with Crippen LogP contribution in [0.15, 0.2) is 47.4 Å². The van der Waals surface area contributed by atoms with Crippen LogP contribution in [-0.2, 0) is 9.37 Å². The Morgan fingerprint density at radius 3 is 2.60 bits per heavy atom. The van der Waals surface area contributed by atoms with E-state index >= 15 is 0 Å². The maximum Gasteiger partial charge on any atom is 0.323 e. The van der Waals surface area contributed by atoms with Crippen LogP contribution in [0.25, 0.3) is 0 Å². The van der Waals surface area contributed by atoms with Gasteiger partial charge in [-0.25, -0.2) is 10.1 Å². The van der Waals surface area contributed by atoms with Gasteiger partial charge in [-0.15, -0.1) is 4.33 Å². The Kier molecular flexibility index (Phi) is 11.1. The van der Waals surface area contributed by atoms with Gasteiger partial charge in [-0.2, -0.15) is 0 Å². The number of nitrogens with one attached hydrogen (secondary N) is 2. The first-order chi connectivity index (χ1) is 14.6. The van der Waals surface area contributed by atoms with Gasteiger partial charge in [-0.1, -0.05) is 56.2 Å². The first kappa shape index (κ1) is 24.0. The summed E-state index contributed by atoms with van der Waals surface area (Å²) in [7, 11) is 0. The molecule has 164 valence electrons. The van der Waals surface area contributed by atoms with Crippen LogP contribution in [0, 0.1) is 6.92 Å². The third-order valence-corrected chi connectivity index (χ3v) is 4.97. The molecule has 0 aliphatic carbocycles. The number of unbranched alkanes of at least 4 members (excludes halogenated alkanes) is 5. The number of amides is 2. The second-order valence-electron chi connectivity index (χ2n) is 6.95. The van der Waals surface area contributed by atoms with Crippen molar-refractivity contribution in [2.75, 3.05) is 17.2 Å². The summed E-state index contributed by atoms with van der Waals surface area (Å²) in [5, 5.41) is 17.6. The van der Waals surface area contributed by atoms with E-state index in [1.165, 1.54) is 25.7 Å². The number of benzene rings is 2. The number of rotatable bonds is 13. The van der Waals surface area contributed by atoms with Crippen LogP contribution in [0.4, 0.5) is 16.2 Å². The Balaban J connectivity index is 1.97. The normalized spacial score (nSPS) is 10.6. The minimum atomic E-state index is -0.383. The van der Waals surface area contributed by atoms with Gasteiger partial charge >= 0.3 is 6.03 Å². The molecule has 0 aliphatic heterocycles. The highest BCUT2D eigenvalue weighted by molar-refractivity contribution is 7.94. The predicted molar refractivity (Wildman–Crippen MR) is 120 cm³/mol. The molecule has 0 atom stereocenters. The summed E-state index contributed by atoms with van der Waals surface area (Å²) in [6.07, 6.45) is 7.02. The Labute approximate surface area is 182 Å². The van der Waals surface area contributed by atoms with E-state index in [4.69, 9.17) is 9.99 Å². The highest BCUT2D eigenvalue weighted by atomic mass is 32.2. The molecule has 0 spiro atoms. The molecule has 2 aromatic rings. The molecule has 0 saturated heterocycles. The van der Waals surface area contributed by atoms with Crippen molar-refractivity contribution in [1.82, 2.24) is 0 Å². The molecule has 3 N–H and O–H groups in total. The average Bonchev–Trinajstić information content (AvgIpc) is 2.72. The molecule has 8 heteroatoms. The van der Waals surface area contributed by atoms with Crippen LogP contribution in [0.3, 0.4) is 0 Å². The number of aryl methyl sites for hydroxylation is 1. The third kappa shape index (κ3) is 9.04. The van der Waals surface area contributed by atoms with Crippen molar-refractivity contribution in [3.8, 4) is 5.75 Å². The maximum atomic E-state index is 12.5. The quantitative estimate of drug-likeness (QED) is 0.139. The van der Waals surface area contributed by atoms with Gasteiger partial charge in [-0.05, 0) is 49.2 Å². The molecule has 0 radical (unpaired) electrons. The Morgan fingerprint density at radius 1 is 1.03 bits per heavy atom. The molecule has 0 bridgehead atoms. The van der Waals surface area contributed by atoms with E-state index in [-0.39, 0.29) is 6.03 Å². The van der Waals surface area contributed by atoms with E-state index in [0.717, 1.165) is 30.4 Å². The molecule has 0 unspecified atom stereocenters. The number of carbonyl (C=O) groups excluding carboxylic acids is 1. The molecule has 0 heterocycles. The monoisotopic (exact) mass is 434 g/mol. The van der Waals surface area contributed by atoms with Crippen LogP contribution in [-0.4, -0.2) is 17.9 Å². The van der Waals surface area contributed by atoms with Crippen molar-refractivity contribution in [2.24, 2.45) is 0 Å². The first-order valence-corrected chi connectivity index (χ1v) is 10.9. The van der Waals surface area contributed by atoms with Crippen molar-refractivity contribution in [2.45, 2.75) is 57.3 Å². The van der Waals surface area contributed by atoms with Crippen LogP contribution in [0.5, 0.6) is 5.75 Å². The molecule has 30 heavy (non-hydrogen) atoms. The van der Waals surface area contributed by atoms with E-state index in [1.54, 1.807) is 18.2 Å². The van der Waals surface area contributed by atoms with Gasteiger partial charge < -0.3 is 15.4 Å². The lowest BCUT2D eigenvalue weighted by molar-refractivity contribution is -0.432. The fourth-order valence-electron chi connectivity index (χ4n) is 2.91. The summed E-state index contributed by atoms with van der Waals surface area (Å²) in [6, 6.07) is 12.4. The Bertz CT molecular complexity index is 788. The standard InChI is InChI=1S/C22H30N2O5S/c1-3-4-5-6-7-8-14-27-21-13-12-19(30-29-28-26)16-20(21)24-22(25)23-18-11-9-10-17(2)15-18/h9-13,15-16,26H,3-8,14H2,1-2H3,(H2,23,24,25). The van der Waals surface area contributed by atoms with E-state index in [1.807, 2.05) is 31.2 Å². The average molecular weight is 435 g/mol. The van der Waals surface area contributed by atoms with Gasteiger partial charge in [0.1, 0.15) is 5.75 Å². The largest absolute Gasteiger partial charge is 0.491 e. The zero-order chi connectivity index (χ0) is 21.6. The second-order valence-corrected chi connectivity index (χ2v) is 7.72. The second kappa shape index (κ2) is 13.9. The summed E-state index contributed by atoms with van der Waals surface area (Å²) in [5.74, 6) is 0.567. The van der Waals surface area contributed by atoms with Crippen LogP contribution in [0.1, 0.15) is 51.0 Å². The summed E-state index contributed by atoms with van der Waals surface area (Å²) in [6.45, 7) is 4.73. The van der Waals surface area contributed by atoms with E-state index in [0.29, 0.717) is 28.6 Å². The van der Waals surface area contributed by atoms with Gasteiger partial charge in [-0.3, -0.25) is 0 Å². The van der Waals surface area contributed by atoms with Crippen molar-refractivity contribution in [1.29, 1.82) is 0 Å².